The number of hydrogen-bond donors (Lipinski definition) is 1. The summed E-state index contributed by atoms with van der Waals surface area (Å²) < 4.78 is 11.6. The summed E-state index contributed by atoms with van der Waals surface area (Å²) in [5, 5.41) is 10.1. The number of rotatable bonds is 1. The minimum Gasteiger partial charge on any atom is -0.489 e. The van der Waals surface area contributed by atoms with E-state index in [4.69, 9.17) is 9.47 Å². The van der Waals surface area contributed by atoms with Crippen LogP contribution in [0.2, 0.25) is 0 Å². The highest BCUT2D eigenvalue weighted by Gasteiger charge is 2.27. The summed E-state index contributed by atoms with van der Waals surface area (Å²) in [6, 6.07) is 3.84. The zero-order chi connectivity index (χ0) is 13.6. The smallest absolute Gasteiger partial charge is 0.161 e. The molecule has 1 heterocycles. The number of aryl methyl sites for hydroxylation is 1. The molecule has 1 aromatic carbocycles. The van der Waals surface area contributed by atoms with Gasteiger partial charge in [-0.2, -0.15) is 0 Å². The van der Waals surface area contributed by atoms with E-state index in [1.165, 1.54) is 0 Å². The van der Waals surface area contributed by atoms with Crippen LogP contribution in [0.4, 0.5) is 0 Å². The van der Waals surface area contributed by atoms with Crippen LogP contribution in [0.1, 0.15) is 38.8 Å². The number of ether oxygens (including phenoxy) is 2. The molecule has 0 bridgehead atoms. The summed E-state index contributed by atoms with van der Waals surface area (Å²) in [4.78, 5) is 0. The van der Waals surface area contributed by atoms with Crippen LogP contribution < -0.4 is 9.47 Å². The third-order valence-electron chi connectivity index (χ3n) is 3.19. The summed E-state index contributed by atoms with van der Waals surface area (Å²) in [5.74, 6) is 1.49. The van der Waals surface area contributed by atoms with Crippen molar-refractivity contribution < 1.29 is 14.6 Å². The monoisotopic (exact) mass is 250 g/mol. The van der Waals surface area contributed by atoms with Crippen molar-refractivity contribution in [2.45, 2.75) is 40.2 Å². The molecule has 0 fully saturated rings. The largest absolute Gasteiger partial charge is 0.489 e. The number of hydrogen-bond acceptors (Lipinski definition) is 3. The van der Waals surface area contributed by atoms with Crippen LogP contribution in [0.15, 0.2) is 12.1 Å². The molecule has 1 aliphatic heterocycles. The Morgan fingerprint density at radius 2 is 1.61 bits per heavy atom. The maximum Gasteiger partial charge on any atom is 0.161 e. The Kier molecular flexibility index (Phi) is 3.06. The van der Waals surface area contributed by atoms with Gasteiger partial charge in [-0.15, -0.1) is 0 Å². The predicted molar refractivity (Wildman–Crippen MR) is 71.2 cm³/mol. The lowest BCUT2D eigenvalue weighted by molar-refractivity contribution is 0.0775. The standard InChI is InChI=1S/C15H22O3/c1-10-6-12-13(7-11(10)15(4,5)16)18-9-14(2,3)8-17-12/h6-7,16H,8-9H2,1-5H3. The van der Waals surface area contributed by atoms with Crippen LogP contribution in [0.5, 0.6) is 11.5 Å². The zero-order valence-corrected chi connectivity index (χ0v) is 11.8. The van der Waals surface area contributed by atoms with E-state index in [0.717, 1.165) is 22.6 Å². The van der Waals surface area contributed by atoms with Crippen molar-refractivity contribution in [1.82, 2.24) is 0 Å². The first-order valence-electron chi connectivity index (χ1n) is 6.32. The topological polar surface area (TPSA) is 38.7 Å². The quantitative estimate of drug-likeness (QED) is 0.832. The molecule has 0 aliphatic carbocycles. The molecule has 1 aliphatic rings. The summed E-state index contributed by atoms with van der Waals surface area (Å²) >= 11 is 0. The van der Waals surface area contributed by atoms with Crippen LogP contribution in [0.25, 0.3) is 0 Å². The van der Waals surface area contributed by atoms with Crippen molar-refractivity contribution in [3.05, 3.63) is 23.3 Å². The van der Waals surface area contributed by atoms with E-state index in [1.54, 1.807) is 13.8 Å². The van der Waals surface area contributed by atoms with Crippen molar-refractivity contribution >= 4 is 0 Å². The van der Waals surface area contributed by atoms with Crippen molar-refractivity contribution in [1.29, 1.82) is 0 Å². The molecule has 1 N–H and O–H groups in total. The van der Waals surface area contributed by atoms with E-state index in [-0.39, 0.29) is 5.41 Å². The lowest BCUT2D eigenvalue weighted by Crippen LogP contribution is -2.26. The third-order valence-corrected chi connectivity index (χ3v) is 3.19. The SMILES string of the molecule is Cc1cc2c(cc1C(C)(C)O)OCC(C)(C)CO2. The second-order valence-electron chi connectivity index (χ2n) is 6.41. The predicted octanol–water partition coefficient (Wildman–Crippen LogP) is 3.02. The van der Waals surface area contributed by atoms with Gasteiger partial charge in [-0.1, -0.05) is 13.8 Å². The molecule has 0 saturated heterocycles. The minimum atomic E-state index is -0.871. The molecule has 18 heavy (non-hydrogen) atoms. The highest BCUT2D eigenvalue weighted by Crippen LogP contribution is 2.38. The first-order valence-corrected chi connectivity index (χ1v) is 6.32. The summed E-state index contributed by atoms with van der Waals surface area (Å²) in [7, 11) is 0. The van der Waals surface area contributed by atoms with E-state index in [2.05, 4.69) is 13.8 Å². The first kappa shape index (κ1) is 13.2. The molecule has 100 valence electrons. The third kappa shape index (κ3) is 2.61. The van der Waals surface area contributed by atoms with Crippen molar-refractivity contribution in [3.63, 3.8) is 0 Å². The molecule has 0 amide bonds. The van der Waals surface area contributed by atoms with E-state index in [1.807, 2.05) is 19.1 Å². The van der Waals surface area contributed by atoms with Crippen LogP contribution >= 0.6 is 0 Å². The first-order chi connectivity index (χ1) is 8.19. The fourth-order valence-electron chi connectivity index (χ4n) is 2.13. The van der Waals surface area contributed by atoms with E-state index < -0.39 is 5.60 Å². The highest BCUT2D eigenvalue weighted by atomic mass is 16.5. The zero-order valence-electron chi connectivity index (χ0n) is 11.8. The maximum atomic E-state index is 10.1. The molecular weight excluding hydrogens is 228 g/mol. The fourth-order valence-corrected chi connectivity index (χ4v) is 2.13. The summed E-state index contributed by atoms with van der Waals surface area (Å²) in [5.41, 5.74) is 1.03. The van der Waals surface area contributed by atoms with E-state index >= 15 is 0 Å². The Labute approximate surface area is 109 Å². The number of fused-ring (bicyclic) bond motifs is 1. The second kappa shape index (κ2) is 4.16. The average molecular weight is 250 g/mol. The van der Waals surface area contributed by atoms with Gasteiger partial charge in [0.25, 0.3) is 0 Å². The van der Waals surface area contributed by atoms with Gasteiger partial charge in [0.15, 0.2) is 11.5 Å². The Bertz CT molecular complexity index is 456. The molecule has 3 nitrogen and oxygen atoms in total. The second-order valence-corrected chi connectivity index (χ2v) is 6.41. The van der Waals surface area contributed by atoms with Gasteiger partial charge in [0.1, 0.15) is 0 Å². The average Bonchev–Trinajstić information content (AvgIpc) is 2.36. The molecule has 0 saturated carbocycles. The highest BCUT2D eigenvalue weighted by molar-refractivity contribution is 5.49. The molecule has 2 rings (SSSR count). The van der Waals surface area contributed by atoms with Gasteiger partial charge in [0.05, 0.1) is 18.8 Å². The van der Waals surface area contributed by atoms with Gasteiger partial charge in [0.2, 0.25) is 0 Å². The molecule has 0 unspecified atom stereocenters. The van der Waals surface area contributed by atoms with Crippen LogP contribution in [0, 0.1) is 12.3 Å². The molecule has 0 spiro atoms. The van der Waals surface area contributed by atoms with Crippen molar-refractivity contribution in [3.8, 4) is 11.5 Å². The van der Waals surface area contributed by atoms with Gasteiger partial charge >= 0.3 is 0 Å². The van der Waals surface area contributed by atoms with Gasteiger partial charge in [-0.25, -0.2) is 0 Å². The number of benzene rings is 1. The molecule has 0 aromatic heterocycles. The fraction of sp³-hybridized carbons (Fsp3) is 0.600. The molecule has 0 radical (unpaired) electrons. The van der Waals surface area contributed by atoms with Crippen LogP contribution in [-0.2, 0) is 5.60 Å². The lowest BCUT2D eigenvalue weighted by Gasteiger charge is -2.22. The summed E-state index contributed by atoms with van der Waals surface area (Å²) in [6.45, 7) is 11.0. The molecule has 0 atom stereocenters. The molecular formula is C15H22O3. The Balaban J connectivity index is 2.42. The van der Waals surface area contributed by atoms with Crippen molar-refractivity contribution in [2.75, 3.05) is 13.2 Å². The Hall–Kier alpha value is -1.22. The molecule has 3 heteroatoms. The van der Waals surface area contributed by atoms with Gasteiger partial charge in [-0.05, 0) is 44.0 Å². The van der Waals surface area contributed by atoms with Gasteiger partial charge in [-0.3, -0.25) is 0 Å². The van der Waals surface area contributed by atoms with Gasteiger partial charge in [0, 0.05) is 5.41 Å². The van der Waals surface area contributed by atoms with E-state index in [9.17, 15) is 5.11 Å². The number of aliphatic hydroxyl groups is 1. The molecule has 1 aromatic rings. The summed E-state index contributed by atoms with van der Waals surface area (Å²) in [6.07, 6.45) is 0. The Morgan fingerprint density at radius 1 is 1.11 bits per heavy atom. The minimum absolute atomic E-state index is 0.00181. The van der Waals surface area contributed by atoms with Crippen molar-refractivity contribution in [2.24, 2.45) is 5.41 Å². The van der Waals surface area contributed by atoms with Crippen LogP contribution in [0.3, 0.4) is 0 Å². The Morgan fingerprint density at radius 3 is 2.11 bits per heavy atom. The van der Waals surface area contributed by atoms with Gasteiger partial charge < -0.3 is 14.6 Å². The maximum absolute atomic E-state index is 10.1. The lowest BCUT2D eigenvalue weighted by atomic mass is 9.93. The normalized spacial score (nSPS) is 18.3. The van der Waals surface area contributed by atoms with Crippen LogP contribution in [-0.4, -0.2) is 18.3 Å². The van der Waals surface area contributed by atoms with E-state index in [0.29, 0.717) is 13.2 Å².